The van der Waals surface area contributed by atoms with Crippen molar-refractivity contribution in [3.8, 4) is 0 Å². The molecule has 1 aromatic rings. The first-order valence-corrected chi connectivity index (χ1v) is 15.8. The van der Waals surface area contributed by atoms with E-state index in [-0.39, 0.29) is 18.1 Å². The molecule has 1 aromatic carbocycles. The first kappa shape index (κ1) is 38.8. The molecule has 0 amide bonds. The lowest BCUT2D eigenvalue weighted by Crippen LogP contribution is -2.17. The van der Waals surface area contributed by atoms with Gasteiger partial charge in [-0.3, -0.25) is 4.18 Å². The van der Waals surface area contributed by atoms with Crippen molar-refractivity contribution in [3.05, 3.63) is 29.8 Å². The van der Waals surface area contributed by atoms with Crippen LogP contribution in [0.2, 0.25) is 0 Å². The molecule has 0 fully saturated rings. The van der Waals surface area contributed by atoms with Gasteiger partial charge in [0.2, 0.25) is 0 Å². The van der Waals surface area contributed by atoms with Crippen molar-refractivity contribution < 1.29 is 55.2 Å². The molecule has 0 spiro atoms. The highest BCUT2D eigenvalue weighted by atomic mass is 32.2. The summed E-state index contributed by atoms with van der Waals surface area (Å²) < 4.78 is 77.8. The Morgan fingerprint density at radius 3 is 1.07 bits per heavy atom. The van der Waals surface area contributed by atoms with Crippen molar-refractivity contribution in [1.29, 1.82) is 0 Å². The molecule has 0 aliphatic rings. The van der Waals surface area contributed by atoms with Gasteiger partial charge in [-0.1, -0.05) is 17.7 Å². The van der Waals surface area contributed by atoms with Crippen LogP contribution in [0.5, 0.6) is 0 Å². The first-order chi connectivity index (χ1) is 20.6. The van der Waals surface area contributed by atoms with Gasteiger partial charge in [-0.05, 0) is 26.1 Å². The summed E-state index contributed by atoms with van der Waals surface area (Å²) in [6, 6.07) is 6.48. The zero-order valence-corrected chi connectivity index (χ0v) is 26.1. The van der Waals surface area contributed by atoms with Crippen LogP contribution >= 0.6 is 0 Å². The number of rotatable bonds is 32. The second kappa shape index (κ2) is 28.5. The van der Waals surface area contributed by atoms with Gasteiger partial charge in [0.05, 0.1) is 130 Å². The van der Waals surface area contributed by atoms with Gasteiger partial charge < -0.3 is 47.9 Å². The van der Waals surface area contributed by atoms with Crippen molar-refractivity contribution in [3.63, 3.8) is 0 Å². The van der Waals surface area contributed by atoms with Crippen LogP contribution in [0.4, 0.5) is 0 Å². The molecule has 0 aromatic heterocycles. The minimum atomic E-state index is -3.77. The molecule has 1 N–H and O–H groups in total. The van der Waals surface area contributed by atoms with Crippen LogP contribution in [0.25, 0.3) is 0 Å². The van der Waals surface area contributed by atoms with E-state index in [0.29, 0.717) is 112 Å². The van der Waals surface area contributed by atoms with Crippen molar-refractivity contribution in [2.45, 2.75) is 11.8 Å². The van der Waals surface area contributed by atoms with Crippen LogP contribution in [0.15, 0.2) is 29.2 Å². The van der Waals surface area contributed by atoms with Crippen molar-refractivity contribution in [2.75, 3.05) is 139 Å². The zero-order chi connectivity index (χ0) is 30.4. The van der Waals surface area contributed by atoms with Gasteiger partial charge in [0.25, 0.3) is 10.1 Å². The third-order valence-electron chi connectivity index (χ3n) is 5.25. The van der Waals surface area contributed by atoms with E-state index in [4.69, 9.17) is 46.8 Å². The number of likely N-dealkylation sites (N-methyl/N-ethyl adjacent to an activating group) is 1. The summed E-state index contributed by atoms with van der Waals surface area (Å²) in [6.07, 6.45) is 0. The molecular formula is C28H51NO12S. The Balaban J connectivity index is 1.70. The van der Waals surface area contributed by atoms with Gasteiger partial charge in [-0.2, -0.15) is 8.42 Å². The maximum atomic E-state index is 12.1. The average molecular weight is 626 g/mol. The van der Waals surface area contributed by atoms with E-state index in [2.05, 4.69) is 5.32 Å². The second-order valence-corrected chi connectivity index (χ2v) is 10.3. The fraction of sp³-hybridized carbons (Fsp3) is 0.786. The van der Waals surface area contributed by atoms with Crippen LogP contribution in [0.1, 0.15) is 5.56 Å². The molecule has 0 heterocycles. The lowest BCUT2D eigenvalue weighted by molar-refractivity contribution is -0.0253. The van der Waals surface area contributed by atoms with Crippen LogP contribution in [0, 0.1) is 6.92 Å². The highest BCUT2D eigenvalue weighted by Gasteiger charge is 2.14. The Morgan fingerprint density at radius 2 is 0.762 bits per heavy atom. The lowest BCUT2D eigenvalue weighted by atomic mass is 10.2. The maximum Gasteiger partial charge on any atom is 0.297 e. The maximum absolute atomic E-state index is 12.1. The van der Waals surface area contributed by atoms with Gasteiger partial charge in [-0.15, -0.1) is 0 Å². The van der Waals surface area contributed by atoms with Gasteiger partial charge in [-0.25, -0.2) is 0 Å². The summed E-state index contributed by atoms with van der Waals surface area (Å²) in [6.45, 7) is 11.2. The van der Waals surface area contributed by atoms with Gasteiger partial charge in [0, 0.05) is 6.54 Å². The van der Waals surface area contributed by atoms with E-state index in [9.17, 15) is 8.42 Å². The Labute approximate surface area is 251 Å². The summed E-state index contributed by atoms with van der Waals surface area (Å²) in [7, 11) is -1.88. The van der Waals surface area contributed by atoms with E-state index in [1.54, 1.807) is 12.1 Å². The SMILES string of the molecule is CNCCOCCOCCOCCOCCOCCOCCOCCOCCOCCOS(=O)(=O)c1ccc(C)cc1. The smallest absolute Gasteiger partial charge is 0.297 e. The molecule has 0 atom stereocenters. The fourth-order valence-corrected chi connectivity index (χ4v) is 3.90. The molecule has 42 heavy (non-hydrogen) atoms. The first-order valence-electron chi connectivity index (χ1n) is 14.4. The summed E-state index contributed by atoms with van der Waals surface area (Å²) in [4.78, 5) is 0.130. The predicted molar refractivity (Wildman–Crippen MR) is 156 cm³/mol. The molecule has 0 saturated carbocycles. The van der Waals surface area contributed by atoms with E-state index in [0.717, 1.165) is 12.1 Å². The lowest BCUT2D eigenvalue weighted by Gasteiger charge is -2.09. The fourth-order valence-electron chi connectivity index (χ4n) is 3.01. The molecule has 0 aliphatic carbocycles. The largest absolute Gasteiger partial charge is 0.378 e. The van der Waals surface area contributed by atoms with E-state index >= 15 is 0 Å². The normalized spacial score (nSPS) is 11.9. The Morgan fingerprint density at radius 1 is 0.476 bits per heavy atom. The van der Waals surface area contributed by atoms with Gasteiger partial charge >= 0.3 is 0 Å². The van der Waals surface area contributed by atoms with Crippen LogP contribution < -0.4 is 5.32 Å². The van der Waals surface area contributed by atoms with Crippen molar-refractivity contribution in [1.82, 2.24) is 5.32 Å². The monoisotopic (exact) mass is 625 g/mol. The van der Waals surface area contributed by atoms with Gasteiger partial charge in [0.1, 0.15) is 0 Å². The number of nitrogens with one attached hydrogen (secondary N) is 1. The Hall–Kier alpha value is -1.27. The number of ether oxygens (including phenoxy) is 9. The second-order valence-electron chi connectivity index (χ2n) is 8.70. The standard InChI is InChI=1S/C28H51NO12S/c1-27-3-5-28(6-4-27)42(30,31)41-26-25-40-24-23-39-22-21-38-20-19-37-18-17-36-16-15-35-14-13-34-12-11-33-10-9-32-8-7-29-2/h3-6,29H,7-26H2,1-2H3. The van der Waals surface area contributed by atoms with Gasteiger partial charge in [0.15, 0.2) is 0 Å². The highest BCUT2D eigenvalue weighted by molar-refractivity contribution is 7.86. The third kappa shape index (κ3) is 24.2. The summed E-state index contributed by atoms with van der Waals surface area (Å²) in [5.74, 6) is 0. The predicted octanol–water partition coefficient (Wildman–Crippen LogP) is 1.07. The molecule has 0 unspecified atom stereocenters. The molecule has 0 saturated heterocycles. The minimum Gasteiger partial charge on any atom is -0.378 e. The molecule has 1 rings (SSSR count). The highest BCUT2D eigenvalue weighted by Crippen LogP contribution is 2.12. The third-order valence-corrected chi connectivity index (χ3v) is 6.57. The van der Waals surface area contributed by atoms with E-state index < -0.39 is 10.1 Å². The Bertz CT molecular complexity index is 814. The van der Waals surface area contributed by atoms with Crippen LogP contribution in [0.3, 0.4) is 0 Å². The number of aryl methyl sites for hydroxylation is 1. The van der Waals surface area contributed by atoms with Crippen LogP contribution in [-0.4, -0.2) is 148 Å². The van der Waals surface area contributed by atoms with E-state index in [1.165, 1.54) is 12.1 Å². The van der Waals surface area contributed by atoms with Crippen molar-refractivity contribution >= 4 is 10.1 Å². The molecule has 0 aliphatic heterocycles. The average Bonchev–Trinajstić information content (AvgIpc) is 2.98. The molecule has 0 radical (unpaired) electrons. The van der Waals surface area contributed by atoms with E-state index in [1.807, 2.05) is 14.0 Å². The topological polar surface area (TPSA) is 138 Å². The minimum absolute atomic E-state index is 0.0559. The number of hydrogen-bond donors (Lipinski definition) is 1. The molecule has 246 valence electrons. The summed E-state index contributed by atoms with van der Waals surface area (Å²) >= 11 is 0. The molecular weight excluding hydrogens is 574 g/mol. The van der Waals surface area contributed by atoms with Crippen molar-refractivity contribution in [2.24, 2.45) is 0 Å². The zero-order valence-electron chi connectivity index (χ0n) is 25.3. The summed E-state index contributed by atoms with van der Waals surface area (Å²) in [5, 5.41) is 3.01. The molecule has 13 nitrogen and oxygen atoms in total. The van der Waals surface area contributed by atoms with Crippen LogP contribution in [-0.2, 0) is 56.9 Å². The quantitative estimate of drug-likeness (QED) is 0.0903. The molecule has 0 bridgehead atoms. The summed E-state index contributed by atoms with van der Waals surface area (Å²) in [5.41, 5.74) is 0.977. The number of hydrogen-bond acceptors (Lipinski definition) is 13. The number of benzene rings is 1. The Kier molecular flexibility index (Phi) is 26.3. The molecule has 14 heteroatoms.